The SMILES string of the molecule is Cc1ccc(NS(=O)(=O)c2ncccc2F)cc1[N+](=O)[O-]. The van der Waals surface area contributed by atoms with Gasteiger partial charge < -0.3 is 0 Å². The number of nitrogens with one attached hydrogen (secondary N) is 1. The Labute approximate surface area is 119 Å². The van der Waals surface area contributed by atoms with Gasteiger partial charge in [-0.25, -0.2) is 9.37 Å². The Morgan fingerprint density at radius 3 is 2.67 bits per heavy atom. The van der Waals surface area contributed by atoms with Crippen molar-refractivity contribution in [2.24, 2.45) is 0 Å². The Hall–Kier alpha value is -2.55. The summed E-state index contributed by atoms with van der Waals surface area (Å²) in [6.07, 6.45) is 1.13. The average molecular weight is 311 g/mol. The maximum Gasteiger partial charge on any atom is 0.282 e. The molecule has 9 heteroatoms. The number of hydrogen-bond donors (Lipinski definition) is 1. The van der Waals surface area contributed by atoms with Crippen LogP contribution >= 0.6 is 0 Å². The van der Waals surface area contributed by atoms with E-state index in [1.54, 1.807) is 0 Å². The highest BCUT2D eigenvalue weighted by atomic mass is 32.2. The summed E-state index contributed by atoms with van der Waals surface area (Å²) in [6, 6.07) is 6.02. The Bertz CT molecular complexity index is 808. The molecule has 1 aromatic heterocycles. The van der Waals surface area contributed by atoms with E-state index in [2.05, 4.69) is 9.71 Å². The minimum Gasteiger partial charge on any atom is -0.278 e. The molecule has 7 nitrogen and oxygen atoms in total. The van der Waals surface area contributed by atoms with Crippen molar-refractivity contribution in [1.82, 2.24) is 4.98 Å². The van der Waals surface area contributed by atoms with Gasteiger partial charge in [-0.2, -0.15) is 8.42 Å². The van der Waals surface area contributed by atoms with E-state index in [9.17, 15) is 22.9 Å². The summed E-state index contributed by atoms with van der Waals surface area (Å²) in [5, 5.41) is 10.0. The largest absolute Gasteiger partial charge is 0.282 e. The van der Waals surface area contributed by atoms with Gasteiger partial charge in [-0.1, -0.05) is 6.07 Å². The molecule has 0 bridgehead atoms. The molecule has 2 aromatic rings. The van der Waals surface area contributed by atoms with E-state index in [4.69, 9.17) is 0 Å². The first-order valence-corrected chi connectivity index (χ1v) is 7.18. The summed E-state index contributed by atoms with van der Waals surface area (Å²) in [5.41, 5.74) is 0.0982. The van der Waals surface area contributed by atoms with Crippen molar-refractivity contribution in [3.63, 3.8) is 0 Å². The molecular formula is C12H10FN3O4S. The number of pyridine rings is 1. The maximum absolute atomic E-state index is 13.5. The summed E-state index contributed by atoms with van der Waals surface area (Å²) in [7, 11) is -4.26. The fourth-order valence-corrected chi connectivity index (χ4v) is 2.70. The molecule has 21 heavy (non-hydrogen) atoms. The third-order valence-electron chi connectivity index (χ3n) is 2.64. The van der Waals surface area contributed by atoms with Gasteiger partial charge in [0.15, 0.2) is 5.82 Å². The third-order valence-corrected chi connectivity index (χ3v) is 3.95. The molecule has 0 aliphatic rings. The molecule has 0 atom stereocenters. The van der Waals surface area contributed by atoms with Crippen LogP contribution in [0.5, 0.6) is 0 Å². The van der Waals surface area contributed by atoms with Crippen LogP contribution in [-0.4, -0.2) is 18.3 Å². The van der Waals surface area contributed by atoms with E-state index in [1.165, 1.54) is 25.1 Å². The molecule has 0 amide bonds. The van der Waals surface area contributed by atoms with Crippen molar-refractivity contribution in [2.45, 2.75) is 11.9 Å². The van der Waals surface area contributed by atoms with Crippen LogP contribution in [0.2, 0.25) is 0 Å². The summed E-state index contributed by atoms with van der Waals surface area (Å²) in [5.74, 6) is -1.01. The Morgan fingerprint density at radius 2 is 2.05 bits per heavy atom. The van der Waals surface area contributed by atoms with Gasteiger partial charge in [0.2, 0.25) is 5.03 Å². The number of sulfonamides is 1. The fraction of sp³-hybridized carbons (Fsp3) is 0.0833. The summed E-state index contributed by atoms with van der Waals surface area (Å²) in [6.45, 7) is 1.52. The van der Waals surface area contributed by atoms with E-state index in [1.807, 2.05) is 0 Å². The van der Waals surface area contributed by atoms with Crippen molar-refractivity contribution in [2.75, 3.05) is 4.72 Å². The second-order valence-corrected chi connectivity index (χ2v) is 5.75. The average Bonchev–Trinajstić information content (AvgIpc) is 2.40. The number of nitrogens with zero attached hydrogens (tertiary/aromatic N) is 2. The van der Waals surface area contributed by atoms with Crippen LogP contribution < -0.4 is 4.72 Å². The molecule has 1 heterocycles. The molecule has 0 aliphatic carbocycles. The molecule has 1 aromatic carbocycles. The summed E-state index contributed by atoms with van der Waals surface area (Å²) in [4.78, 5) is 13.7. The Balaban J connectivity index is 2.40. The first-order valence-electron chi connectivity index (χ1n) is 5.69. The molecule has 2 rings (SSSR count). The van der Waals surface area contributed by atoms with Crippen LogP contribution in [0.15, 0.2) is 41.6 Å². The van der Waals surface area contributed by atoms with Crippen LogP contribution in [-0.2, 0) is 10.0 Å². The molecule has 0 spiro atoms. The van der Waals surface area contributed by atoms with Gasteiger partial charge in [0, 0.05) is 17.8 Å². The first kappa shape index (κ1) is 14.9. The van der Waals surface area contributed by atoms with Crippen LogP contribution in [0.4, 0.5) is 15.8 Å². The number of nitro benzene ring substituents is 1. The number of nitro groups is 1. The summed E-state index contributed by atoms with van der Waals surface area (Å²) < 4.78 is 39.5. The number of aryl methyl sites for hydroxylation is 1. The normalized spacial score (nSPS) is 11.1. The van der Waals surface area contributed by atoms with Gasteiger partial charge in [0.05, 0.1) is 10.6 Å². The Kier molecular flexibility index (Phi) is 3.85. The topological polar surface area (TPSA) is 102 Å². The zero-order valence-electron chi connectivity index (χ0n) is 10.8. The predicted octanol–water partition coefficient (Wildman–Crippen LogP) is 2.24. The molecule has 1 N–H and O–H groups in total. The Morgan fingerprint density at radius 1 is 1.33 bits per heavy atom. The van der Waals surface area contributed by atoms with Crippen LogP contribution in [0.3, 0.4) is 0 Å². The number of hydrogen-bond acceptors (Lipinski definition) is 5. The smallest absolute Gasteiger partial charge is 0.278 e. The standard InChI is InChI=1S/C12H10FN3O4S/c1-8-4-5-9(7-11(8)16(17)18)15-21(19,20)12-10(13)3-2-6-14-12/h2-7,15H,1H3. The van der Waals surface area contributed by atoms with Crippen molar-refractivity contribution in [3.8, 4) is 0 Å². The molecule has 0 aliphatic heterocycles. The van der Waals surface area contributed by atoms with E-state index in [-0.39, 0.29) is 11.4 Å². The number of aromatic nitrogens is 1. The summed E-state index contributed by atoms with van der Waals surface area (Å²) >= 11 is 0. The van der Waals surface area contributed by atoms with E-state index in [0.29, 0.717) is 5.56 Å². The van der Waals surface area contributed by atoms with E-state index >= 15 is 0 Å². The van der Waals surface area contributed by atoms with Crippen LogP contribution in [0, 0.1) is 22.9 Å². The zero-order valence-corrected chi connectivity index (χ0v) is 11.6. The molecule has 0 unspecified atom stereocenters. The number of rotatable bonds is 4. The van der Waals surface area contributed by atoms with Gasteiger partial charge in [0.1, 0.15) is 0 Å². The maximum atomic E-state index is 13.5. The fourth-order valence-electron chi connectivity index (χ4n) is 1.64. The number of anilines is 1. The second kappa shape index (κ2) is 5.44. The quantitative estimate of drug-likeness (QED) is 0.689. The number of halogens is 1. The molecule has 0 fully saturated rings. The minimum absolute atomic E-state index is 0.0441. The van der Waals surface area contributed by atoms with Gasteiger partial charge in [-0.3, -0.25) is 14.8 Å². The first-order chi connectivity index (χ1) is 9.81. The van der Waals surface area contributed by atoms with E-state index in [0.717, 1.165) is 18.3 Å². The lowest BCUT2D eigenvalue weighted by Gasteiger charge is -2.08. The lowest BCUT2D eigenvalue weighted by atomic mass is 10.2. The highest BCUT2D eigenvalue weighted by molar-refractivity contribution is 7.92. The highest BCUT2D eigenvalue weighted by Gasteiger charge is 2.21. The number of benzene rings is 1. The molecule has 0 saturated heterocycles. The van der Waals surface area contributed by atoms with Crippen molar-refractivity contribution in [3.05, 3.63) is 58.0 Å². The van der Waals surface area contributed by atoms with Gasteiger partial charge >= 0.3 is 0 Å². The molecule has 110 valence electrons. The second-order valence-electron chi connectivity index (χ2n) is 4.15. The van der Waals surface area contributed by atoms with Gasteiger partial charge in [0.25, 0.3) is 15.7 Å². The van der Waals surface area contributed by atoms with Gasteiger partial charge in [-0.05, 0) is 25.1 Å². The lowest BCUT2D eigenvalue weighted by Crippen LogP contribution is -2.16. The zero-order chi connectivity index (χ0) is 15.6. The van der Waals surface area contributed by atoms with Gasteiger partial charge in [-0.15, -0.1) is 0 Å². The monoisotopic (exact) mass is 311 g/mol. The molecular weight excluding hydrogens is 301 g/mol. The van der Waals surface area contributed by atoms with Crippen LogP contribution in [0.25, 0.3) is 0 Å². The lowest BCUT2D eigenvalue weighted by molar-refractivity contribution is -0.385. The predicted molar refractivity (Wildman–Crippen MR) is 72.8 cm³/mol. The van der Waals surface area contributed by atoms with E-state index < -0.39 is 25.8 Å². The minimum atomic E-state index is -4.26. The van der Waals surface area contributed by atoms with Crippen molar-refractivity contribution < 1.29 is 17.7 Å². The molecule has 0 radical (unpaired) electrons. The van der Waals surface area contributed by atoms with Crippen molar-refractivity contribution >= 4 is 21.4 Å². The van der Waals surface area contributed by atoms with Crippen LogP contribution in [0.1, 0.15) is 5.56 Å². The third kappa shape index (κ3) is 3.14. The molecule has 0 saturated carbocycles. The highest BCUT2D eigenvalue weighted by Crippen LogP contribution is 2.24. The van der Waals surface area contributed by atoms with Crippen molar-refractivity contribution in [1.29, 1.82) is 0 Å².